The fraction of sp³-hybridized carbons (Fsp3) is 0.286. The van der Waals surface area contributed by atoms with Gasteiger partial charge in [-0.05, 0) is 24.6 Å². The van der Waals surface area contributed by atoms with Gasteiger partial charge in [-0.1, -0.05) is 54.2 Å². The van der Waals surface area contributed by atoms with E-state index in [1.807, 2.05) is 66.1 Å². The predicted molar refractivity (Wildman–Crippen MR) is 111 cm³/mol. The lowest BCUT2D eigenvalue weighted by atomic mass is 10.1. The molecule has 0 saturated carbocycles. The van der Waals surface area contributed by atoms with E-state index in [4.69, 9.17) is 4.74 Å². The Bertz CT molecular complexity index is 941. The molecule has 0 N–H and O–H groups in total. The molecule has 6 nitrogen and oxygen atoms in total. The van der Waals surface area contributed by atoms with Gasteiger partial charge >= 0.3 is 0 Å². The molecule has 0 aliphatic carbocycles. The lowest BCUT2D eigenvalue weighted by molar-refractivity contribution is -0.128. The number of rotatable bonds is 7. The molecule has 7 heteroatoms. The summed E-state index contributed by atoms with van der Waals surface area (Å²) in [6.45, 7) is 2.72. The number of hydrogen-bond acceptors (Lipinski definition) is 5. The third kappa shape index (κ3) is 4.04. The third-order valence-electron chi connectivity index (χ3n) is 4.37. The van der Waals surface area contributed by atoms with E-state index in [1.54, 1.807) is 26.1 Å². The number of benzene rings is 2. The van der Waals surface area contributed by atoms with Gasteiger partial charge in [0.2, 0.25) is 5.91 Å². The first-order chi connectivity index (χ1) is 13.6. The molecule has 2 aromatic carbocycles. The summed E-state index contributed by atoms with van der Waals surface area (Å²) in [5.41, 5.74) is 1.82. The number of thioether (sulfide) groups is 1. The maximum atomic E-state index is 12.9. The van der Waals surface area contributed by atoms with Crippen molar-refractivity contribution in [3.8, 4) is 17.1 Å². The van der Waals surface area contributed by atoms with Crippen LogP contribution in [0.3, 0.4) is 0 Å². The molecule has 28 heavy (non-hydrogen) atoms. The molecule has 0 saturated heterocycles. The number of hydrogen-bond donors (Lipinski definition) is 0. The molecule has 0 aliphatic rings. The number of amides is 1. The molecule has 0 unspecified atom stereocenters. The number of methoxy groups -OCH3 is 1. The largest absolute Gasteiger partial charge is 0.496 e. The first-order valence-corrected chi connectivity index (χ1v) is 9.94. The van der Waals surface area contributed by atoms with Gasteiger partial charge in [0.05, 0.1) is 12.7 Å². The molecule has 146 valence electrons. The van der Waals surface area contributed by atoms with Crippen molar-refractivity contribution in [3.63, 3.8) is 0 Å². The Hall–Kier alpha value is -2.80. The van der Waals surface area contributed by atoms with Crippen LogP contribution in [0.2, 0.25) is 0 Å². The molecule has 0 spiro atoms. The van der Waals surface area contributed by atoms with Crippen molar-refractivity contribution in [1.82, 2.24) is 19.7 Å². The summed E-state index contributed by atoms with van der Waals surface area (Å²) in [5.74, 6) is 1.48. The number of carbonyl (C=O) groups is 1. The minimum absolute atomic E-state index is 0.0145. The second-order valence-corrected chi connectivity index (χ2v) is 7.46. The van der Waals surface area contributed by atoms with Crippen LogP contribution in [-0.4, -0.2) is 46.8 Å². The molecule has 1 aromatic heterocycles. The maximum Gasteiger partial charge on any atom is 0.240 e. The molecule has 0 bridgehead atoms. The lowest BCUT2D eigenvalue weighted by Crippen LogP contribution is -2.27. The van der Waals surface area contributed by atoms with Crippen LogP contribution in [0.15, 0.2) is 59.8 Å². The SMILES string of the molecule is CCn1c(S[C@H](C(=O)N(C)C)c2ccccc2)nnc1-c1ccccc1OC. The molecule has 1 amide bonds. The zero-order valence-corrected chi connectivity index (χ0v) is 17.3. The number of aromatic nitrogens is 3. The molecule has 0 fully saturated rings. The van der Waals surface area contributed by atoms with Crippen molar-refractivity contribution < 1.29 is 9.53 Å². The van der Waals surface area contributed by atoms with Crippen LogP contribution in [-0.2, 0) is 11.3 Å². The standard InChI is InChI=1S/C21H24N4O2S/c1-5-25-19(16-13-9-10-14-17(16)27-4)22-23-21(25)28-18(20(26)24(2)3)15-11-7-6-8-12-15/h6-14,18H,5H2,1-4H3/t18-/m0/s1. The quantitative estimate of drug-likeness (QED) is 0.567. The summed E-state index contributed by atoms with van der Waals surface area (Å²) in [6.07, 6.45) is 0. The fourth-order valence-electron chi connectivity index (χ4n) is 2.92. The Kier molecular flexibility index (Phi) is 6.36. The zero-order chi connectivity index (χ0) is 20.1. The second-order valence-electron chi connectivity index (χ2n) is 6.39. The average molecular weight is 397 g/mol. The molecule has 1 heterocycles. The minimum atomic E-state index is -0.392. The van der Waals surface area contributed by atoms with Gasteiger partial charge in [-0.3, -0.25) is 4.79 Å². The minimum Gasteiger partial charge on any atom is -0.496 e. The van der Waals surface area contributed by atoms with Gasteiger partial charge < -0.3 is 14.2 Å². The number of likely N-dealkylation sites (N-methyl/N-ethyl adjacent to an activating group) is 1. The van der Waals surface area contributed by atoms with Gasteiger partial charge in [-0.2, -0.15) is 0 Å². The van der Waals surface area contributed by atoms with E-state index in [1.165, 1.54) is 11.8 Å². The highest BCUT2D eigenvalue weighted by Crippen LogP contribution is 2.38. The van der Waals surface area contributed by atoms with Crippen LogP contribution in [0.25, 0.3) is 11.4 Å². The maximum absolute atomic E-state index is 12.9. The number of nitrogens with zero attached hydrogens (tertiary/aromatic N) is 4. The van der Waals surface area contributed by atoms with Crippen molar-refractivity contribution >= 4 is 17.7 Å². The fourth-order valence-corrected chi connectivity index (χ4v) is 4.16. The Labute approximate surface area is 169 Å². The van der Waals surface area contributed by atoms with Gasteiger partial charge in [0.15, 0.2) is 11.0 Å². The smallest absolute Gasteiger partial charge is 0.240 e. The first-order valence-electron chi connectivity index (χ1n) is 9.06. The molecule has 1 atom stereocenters. The molecule has 3 aromatic rings. The summed E-state index contributed by atoms with van der Waals surface area (Å²) >= 11 is 1.42. The number of ether oxygens (including phenoxy) is 1. The van der Waals surface area contributed by atoms with Crippen LogP contribution < -0.4 is 4.74 Å². The molecule has 3 rings (SSSR count). The predicted octanol–water partition coefficient (Wildman–Crippen LogP) is 3.90. The van der Waals surface area contributed by atoms with Gasteiger partial charge in [-0.15, -0.1) is 10.2 Å². The van der Waals surface area contributed by atoms with Crippen LogP contribution in [0, 0.1) is 0 Å². The van der Waals surface area contributed by atoms with Crippen LogP contribution >= 0.6 is 11.8 Å². The highest BCUT2D eigenvalue weighted by molar-refractivity contribution is 8.00. The van der Waals surface area contributed by atoms with Crippen molar-refractivity contribution in [2.75, 3.05) is 21.2 Å². The zero-order valence-electron chi connectivity index (χ0n) is 16.5. The van der Waals surface area contributed by atoms with Crippen LogP contribution in [0.1, 0.15) is 17.7 Å². The Balaban J connectivity index is 2.01. The van der Waals surface area contributed by atoms with E-state index in [0.29, 0.717) is 11.7 Å². The summed E-state index contributed by atoms with van der Waals surface area (Å²) in [7, 11) is 5.18. The van der Waals surface area contributed by atoms with E-state index in [9.17, 15) is 4.79 Å². The second kappa shape index (κ2) is 8.93. The summed E-state index contributed by atoms with van der Waals surface area (Å²) in [5, 5.41) is 9.11. The van der Waals surface area contributed by atoms with E-state index < -0.39 is 5.25 Å². The topological polar surface area (TPSA) is 60.2 Å². The first kappa shape index (κ1) is 19.9. The van der Waals surface area contributed by atoms with Gasteiger partial charge in [0.1, 0.15) is 11.0 Å². The van der Waals surface area contributed by atoms with Gasteiger partial charge in [0, 0.05) is 20.6 Å². The van der Waals surface area contributed by atoms with Crippen LogP contribution in [0.5, 0.6) is 5.75 Å². The highest BCUT2D eigenvalue weighted by atomic mass is 32.2. The van der Waals surface area contributed by atoms with Crippen LogP contribution in [0.4, 0.5) is 0 Å². The molecular weight excluding hydrogens is 372 g/mol. The summed E-state index contributed by atoms with van der Waals surface area (Å²) < 4.78 is 7.50. The average Bonchev–Trinajstić information content (AvgIpc) is 3.14. The Morgan fingerprint density at radius 3 is 2.43 bits per heavy atom. The highest BCUT2D eigenvalue weighted by Gasteiger charge is 2.27. The Morgan fingerprint density at radius 1 is 1.11 bits per heavy atom. The normalized spacial score (nSPS) is 11.9. The van der Waals surface area contributed by atoms with Crippen molar-refractivity contribution in [2.24, 2.45) is 0 Å². The number of para-hydroxylation sites is 1. The molecular formula is C21H24N4O2S. The van der Waals surface area contributed by atoms with Crippen molar-refractivity contribution in [2.45, 2.75) is 23.9 Å². The van der Waals surface area contributed by atoms with E-state index in [2.05, 4.69) is 10.2 Å². The van der Waals surface area contributed by atoms with Crippen molar-refractivity contribution in [1.29, 1.82) is 0 Å². The molecule has 0 radical (unpaired) electrons. The van der Waals surface area contributed by atoms with E-state index in [-0.39, 0.29) is 5.91 Å². The lowest BCUT2D eigenvalue weighted by Gasteiger charge is -2.20. The van der Waals surface area contributed by atoms with Gasteiger partial charge in [0.25, 0.3) is 0 Å². The van der Waals surface area contributed by atoms with Crippen molar-refractivity contribution in [3.05, 3.63) is 60.2 Å². The monoisotopic (exact) mass is 396 g/mol. The molecule has 0 aliphatic heterocycles. The van der Waals surface area contributed by atoms with Gasteiger partial charge in [-0.25, -0.2) is 0 Å². The summed E-state index contributed by atoms with van der Waals surface area (Å²) in [4.78, 5) is 14.5. The Morgan fingerprint density at radius 2 is 1.79 bits per heavy atom. The van der Waals surface area contributed by atoms with E-state index in [0.717, 1.165) is 22.7 Å². The van der Waals surface area contributed by atoms with E-state index >= 15 is 0 Å². The number of carbonyl (C=O) groups excluding carboxylic acids is 1. The third-order valence-corrected chi connectivity index (χ3v) is 5.59. The summed E-state index contributed by atoms with van der Waals surface area (Å²) in [6, 6.07) is 17.5.